The van der Waals surface area contributed by atoms with Gasteiger partial charge in [0.2, 0.25) is 6.54 Å². The summed E-state index contributed by atoms with van der Waals surface area (Å²) in [4.78, 5) is 3.33. The summed E-state index contributed by atoms with van der Waals surface area (Å²) in [7, 11) is 1.60. The molecular formula is C11H9NO2. The van der Waals surface area contributed by atoms with Crippen LogP contribution in [0.4, 0.5) is 0 Å². The molecule has 1 aromatic heterocycles. The van der Waals surface area contributed by atoms with E-state index in [0.717, 1.165) is 10.9 Å². The Morgan fingerprint density at radius 3 is 3.07 bits per heavy atom. The summed E-state index contributed by atoms with van der Waals surface area (Å²) in [5.41, 5.74) is 1.63. The van der Waals surface area contributed by atoms with Crippen LogP contribution < -0.4 is 4.74 Å². The number of hydrogen-bond donors (Lipinski definition) is 0. The maximum Gasteiger partial charge on any atom is 0.243 e. The van der Waals surface area contributed by atoms with Crippen LogP contribution in [0.25, 0.3) is 15.8 Å². The molecule has 2 aromatic rings. The predicted molar refractivity (Wildman–Crippen MR) is 53.1 cm³/mol. The van der Waals surface area contributed by atoms with Crippen molar-refractivity contribution in [2.45, 2.75) is 6.54 Å². The number of furan rings is 1. The summed E-state index contributed by atoms with van der Waals surface area (Å²) in [6.45, 7) is 7.15. The Balaban J connectivity index is 2.64. The van der Waals surface area contributed by atoms with Crippen LogP contribution in [0.1, 0.15) is 5.56 Å². The van der Waals surface area contributed by atoms with Gasteiger partial charge in [-0.15, -0.1) is 0 Å². The lowest BCUT2D eigenvalue weighted by Gasteiger charge is -1.98. The zero-order chi connectivity index (χ0) is 9.97. The number of nitrogens with zero attached hydrogens (tertiary/aromatic N) is 1. The van der Waals surface area contributed by atoms with Crippen LogP contribution in [0, 0.1) is 6.57 Å². The number of hydrogen-bond acceptors (Lipinski definition) is 2. The predicted octanol–water partition coefficient (Wildman–Crippen LogP) is 2.86. The van der Waals surface area contributed by atoms with E-state index in [4.69, 9.17) is 15.7 Å². The molecule has 2 rings (SSSR count). The second kappa shape index (κ2) is 3.43. The van der Waals surface area contributed by atoms with Crippen molar-refractivity contribution in [1.82, 2.24) is 0 Å². The van der Waals surface area contributed by atoms with E-state index in [1.165, 1.54) is 0 Å². The van der Waals surface area contributed by atoms with E-state index in [2.05, 4.69) is 4.85 Å². The van der Waals surface area contributed by atoms with Crippen LogP contribution in [0.3, 0.4) is 0 Å². The topological polar surface area (TPSA) is 26.7 Å². The third-order valence-corrected chi connectivity index (χ3v) is 2.11. The molecule has 0 fully saturated rings. The van der Waals surface area contributed by atoms with Crippen LogP contribution in [-0.2, 0) is 6.54 Å². The summed E-state index contributed by atoms with van der Waals surface area (Å²) in [5.74, 6) is 0.707. The number of methoxy groups -OCH3 is 1. The molecule has 0 aliphatic heterocycles. The molecule has 0 saturated heterocycles. The zero-order valence-corrected chi connectivity index (χ0v) is 7.78. The second-order valence-electron chi connectivity index (χ2n) is 2.91. The van der Waals surface area contributed by atoms with E-state index in [9.17, 15) is 0 Å². The summed E-state index contributed by atoms with van der Waals surface area (Å²) >= 11 is 0. The number of benzene rings is 1. The lowest BCUT2D eigenvalue weighted by atomic mass is 10.2. The Morgan fingerprint density at radius 2 is 2.36 bits per heavy atom. The molecule has 0 aliphatic carbocycles. The minimum absolute atomic E-state index is 0.347. The minimum atomic E-state index is 0.347. The molecule has 14 heavy (non-hydrogen) atoms. The van der Waals surface area contributed by atoms with Crippen LogP contribution in [0.5, 0.6) is 5.75 Å². The first kappa shape index (κ1) is 8.64. The maximum atomic E-state index is 6.80. The van der Waals surface area contributed by atoms with Crippen LogP contribution >= 0.6 is 0 Å². The largest absolute Gasteiger partial charge is 0.493 e. The first-order valence-corrected chi connectivity index (χ1v) is 4.23. The van der Waals surface area contributed by atoms with E-state index < -0.39 is 0 Å². The third-order valence-electron chi connectivity index (χ3n) is 2.11. The van der Waals surface area contributed by atoms with Crippen LogP contribution in [0.15, 0.2) is 28.9 Å². The fourth-order valence-electron chi connectivity index (χ4n) is 1.45. The van der Waals surface area contributed by atoms with Gasteiger partial charge >= 0.3 is 0 Å². The molecule has 0 saturated carbocycles. The van der Waals surface area contributed by atoms with Crippen molar-refractivity contribution in [3.05, 3.63) is 41.4 Å². The standard InChI is InChI=1S/C11H9NO2/c1-12-6-8-7-14-11-9(8)4-3-5-10(11)13-2/h3-5,7H,6H2,2H3. The average Bonchev–Trinajstić information content (AvgIpc) is 2.62. The van der Waals surface area contributed by atoms with Gasteiger partial charge in [-0.2, -0.15) is 0 Å². The molecular weight excluding hydrogens is 178 g/mol. The molecule has 0 unspecified atom stereocenters. The average molecular weight is 187 g/mol. The highest BCUT2D eigenvalue weighted by molar-refractivity contribution is 5.86. The van der Waals surface area contributed by atoms with Gasteiger partial charge in [-0.05, 0) is 6.07 Å². The van der Waals surface area contributed by atoms with E-state index in [0.29, 0.717) is 17.9 Å². The van der Waals surface area contributed by atoms with E-state index in [-0.39, 0.29) is 0 Å². The minimum Gasteiger partial charge on any atom is -0.493 e. The highest BCUT2D eigenvalue weighted by Crippen LogP contribution is 2.29. The third kappa shape index (κ3) is 1.21. The van der Waals surface area contributed by atoms with Crippen molar-refractivity contribution in [3.8, 4) is 5.75 Å². The summed E-state index contributed by atoms with van der Waals surface area (Å²) in [6, 6.07) is 5.67. The van der Waals surface area contributed by atoms with Gasteiger partial charge in [-0.25, -0.2) is 6.57 Å². The van der Waals surface area contributed by atoms with E-state index in [1.54, 1.807) is 13.4 Å². The van der Waals surface area contributed by atoms with Crippen molar-refractivity contribution < 1.29 is 9.15 Å². The first-order chi connectivity index (χ1) is 6.86. The van der Waals surface area contributed by atoms with Crippen molar-refractivity contribution in [1.29, 1.82) is 0 Å². The van der Waals surface area contributed by atoms with E-state index in [1.807, 2.05) is 18.2 Å². The molecule has 0 atom stereocenters. The Kier molecular flexibility index (Phi) is 2.11. The van der Waals surface area contributed by atoms with Crippen LogP contribution in [-0.4, -0.2) is 7.11 Å². The molecule has 0 amide bonds. The molecule has 0 bridgehead atoms. The normalized spacial score (nSPS) is 10.0. The lowest BCUT2D eigenvalue weighted by Crippen LogP contribution is -1.82. The SMILES string of the molecule is [C-]#[N+]Cc1coc2c(OC)cccc12. The number of ether oxygens (including phenoxy) is 1. The molecule has 1 aromatic carbocycles. The molecule has 0 spiro atoms. The van der Waals surface area contributed by atoms with Gasteiger partial charge in [0, 0.05) is 5.39 Å². The smallest absolute Gasteiger partial charge is 0.243 e. The van der Waals surface area contributed by atoms with Gasteiger partial charge in [-0.3, -0.25) is 0 Å². The summed E-state index contributed by atoms with van der Waals surface area (Å²) in [5, 5.41) is 0.959. The van der Waals surface area contributed by atoms with Crippen molar-refractivity contribution in [2.24, 2.45) is 0 Å². The van der Waals surface area contributed by atoms with Gasteiger partial charge in [0.15, 0.2) is 11.3 Å². The number of fused-ring (bicyclic) bond motifs is 1. The molecule has 3 heteroatoms. The highest BCUT2D eigenvalue weighted by atomic mass is 16.5. The zero-order valence-electron chi connectivity index (χ0n) is 7.78. The number of rotatable bonds is 2. The molecule has 1 heterocycles. The molecule has 0 N–H and O–H groups in total. The van der Waals surface area contributed by atoms with Crippen molar-refractivity contribution in [2.75, 3.05) is 7.11 Å². The van der Waals surface area contributed by atoms with Gasteiger partial charge in [0.1, 0.15) is 6.26 Å². The van der Waals surface area contributed by atoms with Gasteiger partial charge in [0.25, 0.3) is 0 Å². The highest BCUT2D eigenvalue weighted by Gasteiger charge is 2.10. The van der Waals surface area contributed by atoms with Gasteiger partial charge in [0.05, 0.1) is 12.7 Å². The van der Waals surface area contributed by atoms with Crippen LogP contribution in [0.2, 0.25) is 0 Å². The molecule has 3 nitrogen and oxygen atoms in total. The maximum absolute atomic E-state index is 6.80. The molecule has 0 aliphatic rings. The van der Waals surface area contributed by atoms with Gasteiger partial charge < -0.3 is 14.0 Å². The fourth-order valence-corrected chi connectivity index (χ4v) is 1.45. The second-order valence-corrected chi connectivity index (χ2v) is 2.91. The van der Waals surface area contributed by atoms with Gasteiger partial charge in [-0.1, -0.05) is 12.1 Å². The fraction of sp³-hybridized carbons (Fsp3) is 0.182. The van der Waals surface area contributed by atoms with E-state index >= 15 is 0 Å². The monoisotopic (exact) mass is 187 g/mol. The lowest BCUT2D eigenvalue weighted by molar-refractivity contribution is 0.410. The van der Waals surface area contributed by atoms with Crippen molar-refractivity contribution in [3.63, 3.8) is 0 Å². The summed E-state index contributed by atoms with van der Waals surface area (Å²) < 4.78 is 10.5. The Morgan fingerprint density at radius 1 is 1.50 bits per heavy atom. The Hall–Kier alpha value is -1.95. The molecule has 70 valence electrons. The first-order valence-electron chi connectivity index (χ1n) is 4.23. The number of para-hydroxylation sites is 1. The Labute approximate surface area is 81.7 Å². The summed E-state index contributed by atoms with van der Waals surface area (Å²) in [6.07, 6.45) is 1.62. The molecule has 0 radical (unpaired) electrons. The quantitative estimate of drug-likeness (QED) is 0.676. The Bertz CT molecular complexity index is 493. The van der Waals surface area contributed by atoms with Crippen molar-refractivity contribution >= 4 is 11.0 Å².